The van der Waals surface area contributed by atoms with E-state index in [9.17, 15) is 8.42 Å². The van der Waals surface area contributed by atoms with E-state index in [1.807, 2.05) is 6.92 Å². The van der Waals surface area contributed by atoms with E-state index in [2.05, 4.69) is 12.2 Å². The molecule has 0 heterocycles. The van der Waals surface area contributed by atoms with E-state index in [1.165, 1.54) is 4.31 Å². The first-order valence-corrected chi connectivity index (χ1v) is 6.73. The summed E-state index contributed by atoms with van der Waals surface area (Å²) in [5.74, 6) is 0.346. The first-order valence-electron chi connectivity index (χ1n) is 4.72. The van der Waals surface area contributed by atoms with Crippen molar-refractivity contribution in [3.05, 3.63) is 0 Å². The lowest BCUT2D eigenvalue weighted by Crippen LogP contribution is -2.38. The second kappa shape index (κ2) is 4.55. The van der Waals surface area contributed by atoms with Gasteiger partial charge in [0.1, 0.15) is 5.75 Å². The molecule has 0 unspecified atom stereocenters. The largest absolute Gasteiger partial charge is 0.392 e. The van der Waals surface area contributed by atoms with Gasteiger partial charge in [0.15, 0.2) is 0 Å². The van der Waals surface area contributed by atoms with Gasteiger partial charge in [-0.1, -0.05) is 19.1 Å². The quantitative estimate of drug-likeness (QED) is 0.675. The zero-order chi connectivity index (χ0) is 10.8. The minimum Gasteiger partial charge on any atom is -0.392 e. The fourth-order valence-electron chi connectivity index (χ4n) is 1.30. The van der Waals surface area contributed by atoms with E-state index in [0.29, 0.717) is 19.0 Å². The van der Waals surface area contributed by atoms with Crippen molar-refractivity contribution in [1.29, 1.82) is 0 Å². The third-order valence-corrected chi connectivity index (χ3v) is 4.43. The third-order valence-electron chi connectivity index (χ3n) is 2.23. The molecule has 0 atom stereocenters. The number of hydrogen-bond acceptors (Lipinski definition) is 3. The Morgan fingerprint density at radius 3 is 2.50 bits per heavy atom. The van der Waals surface area contributed by atoms with E-state index < -0.39 is 10.0 Å². The average molecular weight is 236 g/mol. The smallest absolute Gasteiger partial charge is 0.220 e. The van der Waals surface area contributed by atoms with Crippen LogP contribution in [-0.4, -0.2) is 36.6 Å². The molecule has 0 amide bonds. The van der Waals surface area contributed by atoms with Gasteiger partial charge < -0.3 is 5.73 Å². The molecule has 1 rings (SSSR count). The number of nitrogens with zero attached hydrogens (tertiary/aromatic N) is 1. The van der Waals surface area contributed by atoms with Crippen LogP contribution in [0, 0.1) is 5.92 Å². The molecule has 1 aliphatic rings. The molecule has 0 spiro atoms. The van der Waals surface area contributed by atoms with Crippen LogP contribution < -0.4 is 5.73 Å². The maximum Gasteiger partial charge on any atom is 0.220 e. The summed E-state index contributed by atoms with van der Waals surface area (Å²) in [6, 6.07) is 0. The molecule has 0 saturated heterocycles. The minimum absolute atomic E-state index is 0.0410. The summed E-state index contributed by atoms with van der Waals surface area (Å²) < 4.78 is 24.9. The summed E-state index contributed by atoms with van der Waals surface area (Å²) in [4.78, 5) is 0.0410. The number of sulfonamides is 1. The van der Waals surface area contributed by atoms with Gasteiger partial charge in [0.2, 0.25) is 10.0 Å². The average Bonchev–Trinajstić information content (AvgIpc) is 2.80. The summed E-state index contributed by atoms with van der Waals surface area (Å²) in [5, 5.41) is 0. The van der Waals surface area contributed by atoms with Gasteiger partial charge in [0.25, 0.3) is 0 Å². The van der Waals surface area contributed by atoms with Crippen LogP contribution in [0.4, 0.5) is 0 Å². The Kier molecular flexibility index (Phi) is 3.86. The van der Waals surface area contributed by atoms with Crippen LogP contribution in [0.25, 0.3) is 0 Å². The molecule has 0 aromatic rings. The molecule has 4 nitrogen and oxygen atoms in total. The topological polar surface area (TPSA) is 63.4 Å². The molecule has 0 radical (unpaired) electrons. The van der Waals surface area contributed by atoms with Gasteiger partial charge in [-0.05, 0) is 18.8 Å². The van der Waals surface area contributed by atoms with Gasteiger partial charge in [-0.15, -0.1) is 0 Å². The number of nitrogens with two attached hydrogens (primary N) is 1. The van der Waals surface area contributed by atoms with Crippen molar-refractivity contribution in [3.8, 4) is 0 Å². The molecular weight excluding hydrogens is 220 g/mol. The second-order valence-corrected chi connectivity index (χ2v) is 6.11. The van der Waals surface area contributed by atoms with Gasteiger partial charge in [-0.3, -0.25) is 0 Å². The molecule has 0 bridgehead atoms. The highest BCUT2D eigenvalue weighted by atomic mass is 32.2. The Bertz CT molecular complexity index is 309. The molecule has 1 saturated carbocycles. The highest BCUT2D eigenvalue weighted by Crippen LogP contribution is 2.30. The number of hydrogen-bond donors (Lipinski definition) is 1. The van der Waals surface area contributed by atoms with Crippen LogP contribution in [0.2, 0.25) is 0 Å². The molecule has 6 heteroatoms. The highest BCUT2D eigenvalue weighted by molar-refractivity contribution is 7.92. The Labute approximate surface area is 90.5 Å². The van der Waals surface area contributed by atoms with Crippen LogP contribution in [-0.2, 0) is 10.0 Å². The Hall–Kier alpha value is -0.200. The predicted octanol–water partition coefficient (Wildman–Crippen LogP) is 0.334. The van der Waals surface area contributed by atoms with E-state index in [-0.39, 0.29) is 10.7 Å². The first-order chi connectivity index (χ1) is 6.45. The first kappa shape index (κ1) is 11.9. The molecule has 1 fully saturated rings. The zero-order valence-electron chi connectivity index (χ0n) is 8.27. The van der Waals surface area contributed by atoms with Crippen LogP contribution in [0.5, 0.6) is 0 Å². The minimum atomic E-state index is -3.26. The molecule has 0 aromatic heterocycles. The van der Waals surface area contributed by atoms with Crippen molar-refractivity contribution in [1.82, 2.24) is 4.31 Å². The van der Waals surface area contributed by atoms with Crippen LogP contribution in [0.3, 0.4) is 0 Å². The predicted molar refractivity (Wildman–Crippen MR) is 60.5 cm³/mol. The Morgan fingerprint density at radius 1 is 1.57 bits per heavy atom. The fourth-order valence-corrected chi connectivity index (χ4v) is 3.12. The monoisotopic (exact) mass is 236 g/mol. The lowest BCUT2D eigenvalue weighted by molar-refractivity contribution is 0.414. The molecule has 1 aliphatic carbocycles. The van der Waals surface area contributed by atoms with Crippen molar-refractivity contribution in [2.24, 2.45) is 11.7 Å². The van der Waals surface area contributed by atoms with Gasteiger partial charge in [-0.25, -0.2) is 12.7 Å². The second-order valence-electron chi connectivity index (χ2n) is 3.62. The van der Waals surface area contributed by atoms with Crippen molar-refractivity contribution >= 4 is 27.2 Å². The third kappa shape index (κ3) is 3.51. The van der Waals surface area contributed by atoms with E-state index in [1.54, 1.807) is 0 Å². The lowest BCUT2D eigenvalue weighted by Gasteiger charge is -2.19. The van der Waals surface area contributed by atoms with Crippen LogP contribution in [0.1, 0.15) is 19.8 Å². The SMILES string of the molecule is CCN(CC1CC1)S(=O)(=O)CC(N)=S. The molecule has 14 heavy (non-hydrogen) atoms. The molecule has 82 valence electrons. The Morgan fingerprint density at radius 2 is 2.14 bits per heavy atom. The molecular formula is C8H16N2O2S2. The fraction of sp³-hybridized carbons (Fsp3) is 0.875. The molecule has 0 aromatic carbocycles. The maximum absolute atomic E-state index is 11.7. The summed E-state index contributed by atoms with van der Waals surface area (Å²) in [6.07, 6.45) is 2.28. The van der Waals surface area contributed by atoms with Crippen molar-refractivity contribution in [3.63, 3.8) is 0 Å². The summed E-state index contributed by atoms with van der Waals surface area (Å²) in [7, 11) is -3.26. The number of rotatable bonds is 6. The summed E-state index contributed by atoms with van der Waals surface area (Å²) in [6.45, 7) is 2.96. The normalized spacial score (nSPS) is 17.3. The van der Waals surface area contributed by atoms with Gasteiger partial charge in [0, 0.05) is 13.1 Å². The molecule has 0 aliphatic heterocycles. The van der Waals surface area contributed by atoms with Gasteiger partial charge in [0.05, 0.1) is 4.99 Å². The van der Waals surface area contributed by atoms with E-state index in [0.717, 1.165) is 12.8 Å². The zero-order valence-corrected chi connectivity index (χ0v) is 9.90. The molecule has 2 N–H and O–H groups in total. The van der Waals surface area contributed by atoms with E-state index >= 15 is 0 Å². The lowest BCUT2D eigenvalue weighted by atomic mass is 10.4. The van der Waals surface area contributed by atoms with Gasteiger partial charge >= 0.3 is 0 Å². The van der Waals surface area contributed by atoms with Crippen molar-refractivity contribution in [2.45, 2.75) is 19.8 Å². The van der Waals surface area contributed by atoms with Crippen molar-refractivity contribution < 1.29 is 8.42 Å². The van der Waals surface area contributed by atoms with Crippen molar-refractivity contribution in [2.75, 3.05) is 18.8 Å². The highest BCUT2D eigenvalue weighted by Gasteiger charge is 2.29. The number of thiocarbonyl (C=S) groups is 1. The summed E-state index contributed by atoms with van der Waals surface area (Å²) in [5.41, 5.74) is 5.24. The standard InChI is InChI=1S/C8H16N2O2S2/c1-2-10(5-7-3-4-7)14(11,12)6-8(9)13/h7H,2-6H2,1H3,(H2,9,13). The van der Waals surface area contributed by atoms with Gasteiger partial charge in [-0.2, -0.15) is 0 Å². The van der Waals surface area contributed by atoms with Crippen LogP contribution in [0.15, 0.2) is 0 Å². The Balaban J connectivity index is 2.60. The maximum atomic E-state index is 11.7. The van der Waals surface area contributed by atoms with Crippen LogP contribution >= 0.6 is 12.2 Å². The summed E-state index contributed by atoms with van der Waals surface area (Å²) >= 11 is 4.61. The van der Waals surface area contributed by atoms with E-state index in [4.69, 9.17) is 5.73 Å².